The zero-order valence-electron chi connectivity index (χ0n) is 15.6. The minimum atomic E-state index is -3.30. The van der Waals surface area contributed by atoms with Gasteiger partial charge in [0, 0.05) is 10.7 Å². The lowest BCUT2D eigenvalue weighted by Gasteiger charge is -2.18. The Morgan fingerprint density at radius 3 is 2.39 bits per heavy atom. The molecule has 0 radical (unpaired) electrons. The molecule has 6 nitrogen and oxygen atoms in total. The van der Waals surface area contributed by atoms with Gasteiger partial charge in [-0.3, -0.25) is 4.79 Å². The summed E-state index contributed by atoms with van der Waals surface area (Å²) in [6.07, 6.45) is 1.01. The second-order valence-electron chi connectivity index (χ2n) is 6.46. The number of sulfone groups is 1. The van der Waals surface area contributed by atoms with E-state index in [1.165, 1.54) is 0 Å². The number of carbonyl (C=O) groups is 2. The number of amides is 1. The number of benzene rings is 2. The summed E-state index contributed by atoms with van der Waals surface area (Å²) in [7, 11) is -3.30. The Kier molecular flexibility index (Phi) is 7.77. The fraction of sp³-hybridized carbons (Fsp3) is 0.300. The van der Waals surface area contributed by atoms with Gasteiger partial charge in [0.1, 0.15) is 22.5 Å². The molecule has 0 saturated carbocycles. The van der Waals surface area contributed by atoms with Crippen molar-refractivity contribution < 1.29 is 22.7 Å². The van der Waals surface area contributed by atoms with E-state index in [9.17, 15) is 18.0 Å². The molecule has 0 aliphatic heterocycles. The molecule has 150 valence electrons. The summed E-state index contributed by atoms with van der Waals surface area (Å²) in [5, 5.41) is 2.59. The van der Waals surface area contributed by atoms with Gasteiger partial charge in [-0.15, -0.1) is 0 Å². The zero-order chi connectivity index (χ0) is 20.7. The van der Waals surface area contributed by atoms with Crippen molar-refractivity contribution in [3.05, 3.63) is 69.7 Å². The van der Waals surface area contributed by atoms with Gasteiger partial charge >= 0.3 is 5.97 Å². The largest absolute Gasteiger partial charge is 0.459 e. The van der Waals surface area contributed by atoms with Crippen LogP contribution in [0.25, 0.3) is 0 Å². The number of hydrogen-bond donors (Lipinski definition) is 1. The number of carbonyl (C=O) groups excluding carboxylic acids is 2. The van der Waals surface area contributed by atoms with E-state index < -0.39 is 27.8 Å². The van der Waals surface area contributed by atoms with Crippen LogP contribution in [0.2, 0.25) is 0 Å². The maximum absolute atomic E-state index is 12.6. The summed E-state index contributed by atoms with van der Waals surface area (Å²) < 4.78 is 29.0. The van der Waals surface area contributed by atoms with Crippen LogP contribution in [0.3, 0.4) is 0 Å². The van der Waals surface area contributed by atoms with Gasteiger partial charge in [-0.1, -0.05) is 36.4 Å². The van der Waals surface area contributed by atoms with Crippen LogP contribution in [0.1, 0.15) is 27.9 Å². The van der Waals surface area contributed by atoms with Gasteiger partial charge in [-0.05, 0) is 52.5 Å². The number of aryl methyl sites for hydroxylation is 1. The molecular formula is C20H22BrNO5S. The van der Waals surface area contributed by atoms with E-state index in [4.69, 9.17) is 4.74 Å². The number of ether oxygens (including phenoxy) is 1. The summed E-state index contributed by atoms with van der Waals surface area (Å²) in [5.74, 6) is -1.40. The number of halogens is 1. The first kappa shape index (κ1) is 22.1. The quantitative estimate of drug-likeness (QED) is 0.602. The van der Waals surface area contributed by atoms with E-state index >= 15 is 0 Å². The average Bonchev–Trinajstić information content (AvgIpc) is 2.63. The van der Waals surface area contributed by atoms with E-state index in [-0.39, 0.29) is 18.8 Å². The predicted molar refractivity (Wildman–Crippen MR) is 111 cm³/mol. The Labute approximate surface area is 173 Å². The van der Waals surface area contributed by atoms with Gasteiger partial charge < -0.3 is 10.1 Å². The first-order chi connectivity index (χ1) is 13.2. The zero-order valence-corrected chi connectivity index (χ0v) is 18.0. The molecule has 2 aromatic carbocycles. The van der Waals surface area contributed by atoms with Gasteiger partial charge in [0.2, 0.25) is 0 Å². The van der Waals surface area contributed by atoms with E-state index in [0.717, 1.165) is 17.4 Å². The first-order valence-corrected chi connectivity index (χ1v) is 11.5. The number of esters is 1. The van der Waals surface area contributed by atoms with E-state index in [2.05, 4.69) is 21.2 Å². The Balaban J connectivity index is 2.11. The maximum Gasteiger partial charge on any atom is 0.329 e. The lowest BCUT2D eigenvalue weighted by Crippen LogP contribution is -2.43. The highest BCUT2D eigenvalue weighted by atomic mass is 79.9. The van der Waals surface area contributed by atoms with E-state index in [0.29, 0.717) is 10.0 Å². The molecule has 1 atom stereocenters. The van der Waals surface area contributed by atoms with E-state index in [1.807, 2.05) is 31.2 Å². The Morgan fingerprint density at radius 1 is 1.11 bits per heavy atom. The van der Waals surface area contributed by atoms with Crippen LogP contribution in [-0.4, -0.2) is 38.3 Å². The molecular weight excluding hydrogens is 446 g/mol. The van der Waals surface area contributed by atoms with Crippen LogP contribution in [0.5, 0.6) is 0 Å². The van der Waals surface area contributed by atoms with Gasteiger partial charge in [-0.2, -0.15) is 0 Å². The predicted octanol–water partition coefficient (Wildman–Crippen LogP) is 3.03. The maximum atomic E-state index is 12.6. The Morgan fingerprint density at radius 2 is 1.75 bits per heavy atom. The summed E-state index contributed by atoms with van der Waals surface area (Å²) in [4.78, 5) is 25.1. The van der Waals surface area contributed by atoms with Crippen LogP contribution in [0.15, 0.2) is 53.0 Å². The fourth-order valence-electron chi connectivity index (χ4n) is 2.48. The van der Waals surface area contributed by atoms with Gasteiger partial charge in [-0.25, -0.2) is 13.2 Å². The van der Waals surface area contributed by atoms with Crippen LogP contribution >= 0.6 is 15.9 Å². The molecule has 0 aromatic heterocycles. The van der Waals surface area contributed by atoms with Crippen molar-refractivity contribution in [2.45, 2.75) is 26.0 Å². The molecule has 0 saturated heterocycles. The SMILES string of the molecule is Cc1ccccc1COC(=O)[C@@H](CCS(C)(=O)=O)NC(=O)c1ccccc1Br. The third-order valence-electron chi connectivity index (χ3n) is 4.12. The Bertz CT molecular complexity index is 959. The summed E-state index contributed by atoms with van der Waals surface area (Å²) in [5.41, 5.74) is 2.16. The van der Waals surface area contributed by atoms with Crippen LogP contribution in [0, 0.1) is 6.92 Å². The van der Waals surface area contributed by atoms with Crippen molar-refractivity contribution in [1.29, 1.82) is 0 Å². The number of hydrogen-bond acceptors (Lipinski definition) is 5. The van der Waals surface area contributed by atoms with Crippen molar-refractivity contribution in [2.24, 2.45) is 0 Å². The Hall–Kier alpha value is -2.19. The highest BCUT2D eigenvalue weighted by Crippen LogP contribution is 2.16. The van der Waals surface area contributed by atoms with Crippen molar-refractivity contribution in [3.63, 3.8) is 0 Å². The third kappa shape index (κ3) is 6.76. The molecule has 0 bridgehead atoms. The monoisotopic (exact) mass is 467 g/mol. The standard InChI is InChI=1S/C20H22BrNO5S/c1-14-7-3-4-8-15(14)13-27-20(24)18(11-12-28(2,25)26)22-19(23)16-9-5-6-10-17(16)21/h3-10,18H,11-13H2,1-2H3,(H,22,23)/t18-/m1/s1. The lowest BCUT2D eigenvalue weighted by atomic mass is 10.1. The molecule has 1 N–H and O–H groups in total. The van der Waals surface area contributed by atoms with Crippen molar-refractivity contribution in [1.82, 2.24) is 5.32 Å². The summed E-state index contributed by atoms with van der Waals surface area (Å²) >= 11 is 3.29. The fourth-order valence-corrected chi connectivity index (χ4v) is 3.61. The van der Waals surface area contributed by atoms with Crippen molar-refractivity contribution >= 4 is 37.6 Å². The highest BCUT2D eigenvalue weighted by molar-refractivity contribution is 9.10. The summed E-state index contributed by atoms with van der Waals surface area (Å²) in [6.45, 7) is 1.95. The summed E-state index contributed by atoms with van der Waals surface area (Å²) in [6, 6.07) is 13.2. The number of nitrogens with one attached hydrogen (secondary N) is 1. The molecule has 28 heavy (non-hydrogen) atoms. The second kappa shape index (κ2) is 9.84. The minimum Gasteiger partial charge on any atom is -0.459 e. The molecule has 0 heterocycles. The minimum absolute atomic E-state index is 0.0474. The van der Waals surface area contributed by atoms with Crippen LogP contribution in [0.4, 0.5) is 0 Å². The molecule has 0 spiro atoms. The molecule has 2 aromatic rings. The van der Waals surface area contributed by atoms with Gasteiger partial charge in [0.15, 0.2) is 0 Å². The highest BCUT2D eigenvalue weighted by Gasteiger charge is 2.25. The normalized spacial score (nSPS) is 12.2. The molecule has 2 rings (SSSR count). The third-order valence-corrected chi connectivity index (χ3v) is 5.79. The molecule has 0 aliphatic carbocycles. The molecule has 8 heteroatoms. The number of rotatable bonds is 8. The molecule has 0 fully saturated rings. The van der Waals surface area contributed by atoms with Crippen molar-refractivity contribution in [3.8, 4) is 0 Å². The van der Waals surface area contributed by atoms with E-state index in [1.54, 1.807) is 24.3 Å². The van der Waals surface area contributed by atoms with Crippen molar-refractivity contribution in [2.75, 3.05) is 12.0 Å². The lowest BCUT2D eigenvalue weighted by molar-refractivity contribution is -0.147. The second-order valence-corrected chi connectivity index (χ2v) is 9.57. The average molecular weight is 468 g/mol. The van der Waals surface area contributed by atoms with Gasteiger partial charge in [0.25, 0.3) is 5.91 Å². The topological polar surface area (TPSA) is 89.5 Å². The molecule has 0 unspecified atom stereocenters. The molecule has 1 amide bonds. The smallest absolute Gasteiger partial charge is 0.329 e. The van der Waals surface area contributed by atoms with Gasteiger partial charge in [0.05, 0.1) is 11.3 Å². The first-order valence-electron chi connectivity index (χ1n) is 8.61. The van der Waals surface area contributed by atoms with Crippen LogP contribution < -0.4 is 5.32 Å². The molecule has 0 aliphatic rings. The van der Waals surface area contributed by atoms with Crippen LogP contribution in [-0.2, 0) is 26.0 Å².